The van der Waals surface area contributed by atoms with Crippen LogP contribution in [-0.4, -0.2) is 57.3 Å². The quantitative estimate of drug-likeness (QED) is 0.269. The Bertz CT molecular complexity index is 1370. The minimum atomic E-state index is -0.276. The number of amides is 1. The summed E-state index contributed by atoms with van der Waals surface area (Å²) in [5.41, 5.74) is 3.60. The molecule has 2 aromatic carbocycles. The van der Waals surface area contributed by atoms with Crippen molar-refractivity contribution in [3.8, 4) is 16.9 Å². The molecule has 0 aliphatic carbocycles. The van der Waals surface area contributed by atoms with E-state index in [0.717, 1.165) is 37.2 Å². The summed E-state index contributed by atoms with van der Waals surface area (Å²) in [6.07, 6.45) is 1.08. The topological polar surface area (TPSA) is 116 Å². The molecule has 3 N–H and O–H groups in total. The van der Waals surface area contributed by atoms with Gasteiger partial charge in [-0.3, -0.25) is 10.1 Å². The molecule has 9 nitrogen and oxygen atoms in total. The summed E-state index contributed by atoms with van der Waals surface area (Å²) in [5.74, 6) is 0.633. The fourth-order valence-electron chi connectivity index (χ4n) is 3.95. The molecule has 0 spiro atoms. The summed E-state index contributed by atoms with van der Waals surface area (Å²) in [5, 5.41) is 24.7. The number of halogens is 1. The zero-order chi connectivity index (χ0) is 25.7. The summed E-state index contributed by atoms with van der Waals surface area (Å²) < 4.78 is 5.64. The first-order chi connectivity index (χ1) is 17.4. The monoisotopic (exact) mass is 508 g/mol. The average molecular weight is 509 g/mol. The van der Waals surface area contributed by atoms with Gasteiger partial charge in [-0.15, -0.1) is 10.2 Å². The van der Waals surface area contributed by atoms with Crippen LogP contribution in [0.5, 0.6) is 5.75 Å². The molecule has 0 aliphatic heterocycles. The Hall–Kier alpha value is -3.69. The lowest BCUT2D eigenvalue weighted by Crippen LogP contribution is -2.35. The van der Waals surface area contributed by atoms with Gasteiger partial charge in [-0.25, -0.2) is 4.98 Å². The van der Waals surface area contributed by atoms with E-state index in [9.17, 15) is 9.90 Å². The number of nitrogens with zero attached hydrogens (tertiary/aromatic N) is 4. The minimum Gasteiger partial charge on any atom is -0.508 e. The second kappa shape index (κ2) is 11.4. The molecule has 10 heteroatoms. The molecule has 0 radical (unpaired) electrons. The van der Waals surface area contributed by atoms with Crippen molar-refractivity contribution in [2.75, 3.05) is 31.5 Å². The van der Waals surface area contributed by atoms with Gasteiger partial charge in [-0.1, -0.05) is 25.4 Å². The Balaban J connectivity index is 1.45. The summed E-state index contributed by atoms with van der Waals surface area (Å²) in [7, 11) is 0. The number of aryl methyl sites for hydroxylation is 1. The van der Waals surface area contributed by atoms with E-state index in [2.05, 4.69) is 44.6 Å². The van der Waals surface area contributed by atoms with Crippen molar-refractivity contribution in [2.24, 2.45) is 0 Å². The first-order valence-electron chi connectivity index (χ1n) is 11.9. The van der Waals surface area contributed by atoms with Crippen molar-refractivity contribution in [2.45, 2.75) is 27.2 Å². The molecule has 1 amide bonds. The molecule has 36 heavy (non-hydrogen) atoms. The molecule has 188 valence electrons. The van der Waals surface area contributed by atoms with E-state index in [1.165, 1.54) is 6.07 Å². The Labute approximate surface area is 214 Å². The van der Waals surface area contributed by atoms with E-state index in [0.29, 0.717) is 34.0 Å². The highest BCUT2D eigenvalue weighted by atomic mass is 35.5. The largest absolute Gasteiger partial charge is 0.508 e. The molecular weight excluding hydrogens is 480 g/mol. The number of furan rings is 1. The molecule has 4 aromatic rings. The van der Waals surface area contributed by atoms with Crippen LogP contribution in [0, 0.1) is 6.92 Å². The number of aromatic hydroxyl groups is 1. The highest BCUT2D eigenvalue weighted by molar-refractivity contribution is 6.33. The number of likely N-dealkylation sites (N-methyl/N-ethyl adjacent to an activating group) is 1. The van der Waals surface area contributed by atoms with Gasteiger partial charge >= 0.3 is 0 Å². The normalized spacial score (nSPS) is 11.2. The maximum absolute atomic E-state index is 12.4. The third-order valence-electron chi connectivity index (χ3n) is 5.78. The van der Waals surface area contributed by atoms with Crippen molar-refractivity contribution in [1.82, 2.24) is 25.4 Å². The lowest BCUT2D eigenvalue weighted by molar-refractivity contribution is 0.0922. The number of aromatic nitrogens is 3. The standard InChI is InChI=1S/C26H29ClN6O3/c1-4-11-33(5-2)12-10-28-25(35)22-8-9-23(36-22)29-26-30-24-16(3)13-17(14-21(24)31-32-26)19-15-18(34)6-7-20(19)27/h6-9,13-15,34H,4-5,10-12H2,1-3H3,(H,28,35)(H,29,30,32). The van der Waals surface area contributed by atoms with Crippen LogP contribution >= 0.6 is 11.6 Å². The first kappa shape index (κ1) is 25.4. The fourth-order valence-corrected chi connectivity index (χ4v) is 4.18. The van der Waals surface area contributed by atoms with Crippen molar-refractivity contribution in [3.05, 3.63) is 58.8 Å². The van der Waals surface area contributed by atoms with E-state index in [1.807, 2.05) is 19.1 Å². The van der Waals surface area contributed by atoms with Crippen LogP contribution in [0.1, 0.15) is 36.4 Å². The number of benzene rings is 2. The summed E-state index contributed by atoms with van der Waals surface area (Å²) in [4.78, 5) is 19.3. The number of nitrogens with one attached hydrogen (secondary N) is 2. The van der Waals surface area contributed by atoms with Crippen molar-refractivity contribution >= 4 is 40.4 Å². The van der Waals surface area contributed by atoms with Gasteiger partial charge in [0.25, 0.3) is 5.91 Å². The summed E-state index contributed by atoms with van der Waals surface area (Å²) in [6, 6.07) is 11.8. The third-order valence-corrected chi connectivity index (χ3v) is 6.11. The Morgan fingerprint density at radius 2 is 1.94 bits per heavy atom. The first-order valence-corrected chi connectivity index (χ1v) is 12.3. The molecule has 2 aromatic heterocycles. The smallest absolute Gasteiger partial charge is 0.287 e. The number of carbonyl (C=O) groups excluding carboxylic acids is 1. The van der Waals surface area contributed by atoms with Crippen LogP contribution in [0.2, 0.25) is 5.02 Å². The fraction of sp³-hybridized carbons (Fsp3) is 0.308. The number of fused-ring (bicyclic) bond motifs is 1. The molecule has 0 fully saturated rings. The predicted molar refractivity (Wildman–Crippen MR) is 141 cm³/mol. The Kier molecular flexibility index (Phi) is 8.02. The van der Waals surface area contributed by atoms with Gasteiger partial charge in [0.05, 0.1) is 5.52 Å². The van der Waals surface area contributed by atoms with Gasteiger partial charge in [0, 0.05) is 29.7 Å². The zero-order valence-corrected chi connectivity index (χ0v) is 21.3. The molecule has 0 saturated heterocycles. The van der Waals surface area contributed by atoms with Crippen LogP contribution in [-0.2, 0) is 0 Å². The summed E-state index contributed by atoms with van der Waals surface area (Å²) >= 11 is 6.32. The van der Waals surface area contributed by atoms with Crippen molar-refractivity contribution in [1.29, 1.82) is 0 Å². The molecule has 0 unspecified atom stereocenters. The Morgan fingerprint density at radius 1 is 1.11 bits per heavy atom. The number of phenols is 1. The molecule has 4 rings (SSSR count). The van der Waals surface area contributed by atoms with Crippen LogP contribution in [0.3, 0.4) is 0 Å². The average Bonchev–Trinajstić information content (AvgIpc) is 3.33. The van der Waals surface area contributed by atoms with E-state index >= 15 is 0 Å². The Morgan fingerprint density at radius 3 is 2.72 bits per heavy atom. The minimum absolute atomic E-state index is 0.127. The van der Waals surface area contributed by atoms with Gasteiger partial charge in [-0.2, -0.15) is 0 Å². The SMILES string of the molecule is CCCN(CC)CCNC(=O)c1ccc(Nc2nnc3cc(-c4cc(O)ccc4Cl)cc(C)c3n2)o1. The molecule has 0 atom stereocenters. The van der Waals surface area contributed by atoms with Gasteiger partial charge in [0.2, 0.25) is 11.8 Å². The molecule has 0 saturated carbocycles. The van der Waals surface area contributed by atoms with Crippen LogP contribution in [0.15, 0.2) is 46.9 Å². The van der Waals surface area contributed by atoms with Crippen LogP contribution in [0.25, 0.3) is 22.2 Å². The van der Waals surface area contributed by atoms with E-state index in [4.69, 9.17) is 16.0 Å². The predicted octanol–water partition coefficient (Wildman–Crippen LogP) is 5.16. The number of carbonyl (C=O) groups is 1. The summed E-state index contributed by atoms with van der Waals surface area (Å²) in [6.45, 7) is 9.44. The van der Waals surface area contributed by atoms with Gasteiger partial charge in [-0.05, 0) is 74.0 Å². The highest BCUT2D eigenvalue weighted by Gasteiger charge is 2.14. The van der Waals surface area contributed by atoms with Crippen molar-refractivity contribution in [3.63, 3.8) is 0 Å². The van der Waals surface area contributed by atoms with Crippen LogP contribution in [0.4, 0.5) is 11.8 Å². The number of anilines is 2. The van der Waals surface area contributed by atoms with Gasteiger partial charge in [0.1, 0.15) is 11.3 Å². The van der Waals surface area contributed by atoms with Crippen molar-refractivity contribution < 1.29 is 14.3 Å². The second-order valence-electron chi connectivity index (χ2n) is 8.44. The maximum Gasteiger partial charge on any atom is 0.287 e. The molecule has 0 bridgehead atoms. The maximum atomic E-state index is 12.4. The molecule has 2 heterocycles. The van der Waals surface area contributed by atoms with E-state index in [-0.39, 0.29) is 23.4 Å². The van der Waals surface area contributed by atoms with E-state index < -0.39 is 0 Å². The third kappa shape index (κ3) is 5.92. The molecular formula is C26H29ClN6O3. The van der Waals surface area contributed by atoms with Gasteiger partial charge in [0.15, 0.2) is 5.76 Å². The zero-order valence-electron chi connectivity index (χ0n) is 20.5. The second-order valence-corrected chi connectivity index (χ2v) is 8.85. The highest BCUT2D eigenvalue weighted by Crippen LogP contribution is 2.33. The number of hydrogen-bond acceptors (Lipinski definition) is 8. The lowest BCUT2D eigenvalue weighted by Gasteiger charge is -2.19. The van der Waals surface area contributed by atoms with Gasteiger partial charge < -0.3 is 19.7 Å². The number of phenolic OH excluding ortho intramolecular Hbond substituents is 1. The molecule has 0 aliphatic rings. The van der Waals surface area contributed by atoms with Crippen LogP contribution < -0.4 is 10.6 Å². The lowest BCUT2D eigenvalue weighted by atomic mass is 10.0. The van der Waals surface area contributed by atoms with E-state index in [1.54, 1.807) is 24.3 Å². The number of hydrogen-bond donors (Lipinski definition) is 3. The number of rotatable bonds is 10.